The van der Waals surface area contributed by atoms with Crippen LogP contribution in [0.3, 0.4) is 0 Å². The Labute approximate surface area is 94.7 Å². The number of hydrogen-bond donors (Lipinski definition) is 1. The molecule has 1 nitrogen and oxygen atoms in total. The first-order valence-electron chi connectivity index (χ1n) is 4.53. The van der Waals surface area contributed by atoms with Gasteiger partial charge in [-0.15, -0.1) is 0 Å². The van der Waals surface area contributed by atoms with E-state index >= 15 is 0 Å². The van der Waals surface area contributed by atoms with Crippen LogP contribution in [-0.4, -0.2) is 5.11 Å². The molecule has 0 spiro atoms. The van der Waals surface area contributed by atoms with Crippen molar-refractivity contribution in [3.05, 3.63) is 33.8 Å². The van der Waals surface area contributed by atoms with Gasteiger partial charge in [0, 0.05) is 10.0 Å². The van der Waals surface area contributed by atoms with Crippen LogP contribution in [0.4, 0.5) is 0 Å². The van der Waals surface area contributed by atoms with Crippen LogP contribution in [0.5, 0.6) is 0 Å². The van der Waals surface area contributed by atoms with Gasteiger partial charge in [0.25, 0.3) is 0 Å². The molecule has 0 unspecified atom stereocenters. The number of aliphatic hydroxyl groups is 1. The molecule has 0 aliphatic rings. The molecular weight excluding hydrogens is 219 g/mol. The van der Waals surface area contributed by atoms with E-state index in [9.17, 15) is 5.11 Å². The molecular formula is C11H14Cl2O. The third kappa shape index (κ3) is 2.41. The summed E-state index contributed by atoms with van der Waals surface area (Å²) in [6, 6.07) is 5.14. The molecule has 1 aromatic rings. The third-order valence-corrected chi connectivity index (χ3v) is 3.01. The van der Waals surface area contributed by atoms with E-state index in [4.69, 9.17) is 23.2 Å². The number of rotatable bonds is 2. The number of hydrogen-bond acceptors (Lipinski definition) is 1. The smallest absolute Gasteiger partial charge is 0.0892 e. The van der Waals surface area contributed by atoms with Crippen molar-refractivity contribution in [2.24, 2.45) is 5.92 Å². The molecule has 78 valence electrons. The highest BCUT2D eigenvalue weighted by Crippen LogP contribution is 2.32. The minimum Gasteiger partial charge on any atom is -0.385 e. The summed E-state index contributed by atoms with van der Waals surface area (Å²) in [5, 5.41) is 11.3. The van der Waals surface area contributed by atoms with Gasteiger partial charge >= 0.3 is 0 Å². The first-order chi connectivity index (χ1) is 6.34. The van der Waals surface area contributed by atoms with Gasteiger partial charge in [-0.1, -0.05) is 37.0 Å². The topological polar surface area (TPSA) is 20.2 Å². The van der Waals surface area contributed by atoms with E-state index in [2.05, 4.69) is 0 Å². The molecule has 0 fully saturated rings. The monoisotopic (exact) mass is 232 g/mol. The van der Waals surface area contributed by atoms with Gasteiger partial charge in [-0.25, -0.2) is 0 Å². The third-order valence-electron chi connectivity index (χ3n) is 2.57. The summed E-state index contributed by atoms with van der Waals surface area (Å²) in [5.41, 5.74) is -0.140. The van der Waals surface area contributed by atoms with E-state index in [1.165, 1.54) is 0 Å². The Morgan fingerprint density at radius 2 is 1.57 bits per heavy atom. The van der Waals surface area contributed by atoms with E-state index in [1.54, 1.807) is 25.1 Å². The maximum atomic E-state index is 10.2. The maximum Gasteiger partial charge on any atom is 0.0892 e. The van der Waals surface area contributed by atoms with Gasteiger partial charge in [-0.2, -0.15) is 0 Å². The molecule has 0 aromatic heterocycles. The van der Waals surface area contributed by atoms with Gasteiger partial charge in [0.1, 0.15) is 0 Å². The van der Waals surface area contributed by atoms with Crippen molar-refractivity contribution in [1.82, 2.24) is 0 Å². The van der Waals surface area contributed by atoms with E-state index in [0.717, 1.165) is 5.56 Å². The van der Waals surface area contributed by atoms with Crippen molar-refractivity contribution in [2.75, 3.05) is 0 Å². The molecule has 1 atom stereocenters. The summed E-state index contributed by atoms with van der Waals surface area (Å²) in [6.07, 6.45) is 0. The van der Waals surface area contributed by atoms with Crippen LogP contribution in [0.2, 0.25) is 10.0 Å². The molecule has 0 amide bonds. The number of benzene rings is 1. The van der Waals surface area contributed by atoms with E-state index in [0.29, 0.717) is 10.0 Å². The standard InChI is InChI=1S/C11H14Cl2O/c1-7(2)11(3,14)8-4-9(12)6-10(13)5-8/h4-7,14H,1-3H3/t11-/m0/s1. The molecule has 3 heteroatoms. The predicted octanol–water partition coefficient (Wildman–Crippen LogP) is 3.86. The van der Waals surface area contributed by atoms with E-state index in [-0.39, 0.29) is 5.92 Å². The van der Waals surface area contributed by atoms with E-state index in [1.807, 2.05) is 13.8 Å². The molecule has 0 saturated carbocycles. The van der Waals surface area contributed by atoms with Gasteiger partial charge in [-0.3, -0.25) is 0 Å². The average molecular weight is 233 g/mol. The molecule has 1 aromatic carbocycles. The fraction of sp³-hybridized carbons (Fsp3) is 0.455. The summed E-state index contributed by atoms with van der Waals surface area (Å²) in [7, 11) is 0. The molecule has 14 heavy (non-hydrogen) atoms. The van der Waals surface area contributed by atoms with Crippen LogP contribution in [0.1, 0.15) is 26.3 Å². The molecule has 0 radical (unpaired) electrons. The Hall–Kier alpha value is -0.240. The zero-order valence-electron chi connectivity index (χ0n) is 8.51. The second-order valence-electron chi connectivity index (χ2n) is 3.96. The summed E-state index contributed by atoms with van der Waals surface area (Å²) in [5.74, 6) is 0.108. The Kier molecular flexibility index (Phi) is 3.46. The first kappa shape index (κ1) is 11.8. The highest BCUT2D eigenvalue weighted by atomic mass is 35.5. The van der Waals surface area contributed by atoms with Crippen LogP contribution in [0.25, 0.3) is 0 Å². The molecule has 0 aliphatic carbocycles. The Morgan fingerprint density at radius 3 is 1.93 bits per heavy atom. The van der Waals surface area contributed by atoms with Gasteiger partial charge < -0.3 is 5.11 Å². The zero-order chi connectivity index (χ0) is 10.9. The zero-order valence-corrected chi connectivity index (χ0v) is 10.0. The van der Waals surface area contributed by atoms with Crippen LogP contribution in [0.15, 0.2) is 18.2 Å². The summed E-state index contributed by atoms with van der Waals surface area (Å²) >= 11 is 11.7. The summed E-state index contributed by atoms with van der Waals surface area (Å²) in [4.78, 5) is 0. The van der Waals surface area contributed by atoms with Crippen LogP contribution in [-0.2, 0) is 5.60 Å². The second-order valence-corrected chi connectivity index (χ2v) is 4.83. The van der Waals surface area contributed by atoms with Gasteiger partial charge in [0.05, 0.1) is 5.60 Å². The summed E-state index contributed by atoms with van der Waals surface area (Å²) in [6.45, 7) is 5.67. The lowest BCUT2D eigenvalue weighted by atomic mass is 9.85. The first-order valence-corrected chi connectivity index (χ1v) is 5.28. The van der Waals surface area contributed by atoms with Crippen molar-refractivity contribution in [1.29, 1.82) is 0 Å². The molecule has 0 aliphatic heterocycles. The second kappa shape index (κ2) is 4.09. The van der Waals surface area contributed by atoms with Crippen molar-refractivity contribution in [3.63, 3.8) is 0 Å². The predicted molar refractivity (Wildman–Crippen MR) is 60.9 cm³/mol. The Balaban J connectivity index is 3.18. The van der Waals surface area contributed by atoms with Crippen molar-refractivity contribution >= 4 is 23.2 Å². The highest BCUT2D eigenvalue weighted by molar-refractivity contribution is 6.34. The van der Waals surface area contributed by atoms with Crippen molar-refractivity contribution in [2.45, 2.75) is 26.4 Å². The Bertz CT molecular complexity index is 312. The lowest BCUT2D eigenvalue weighted by molar-refractivity contribution is 0.00906. The lowest BCUT2D eigenvalue weighted by Gasteiger charge is -2.28. The largest absolute Gasteiger partial charge is 0.385 e. The van der Waals surface area contributed by atoms with Crippen molar-refractivity contribution < 1.29 is 5.11 Å². The Morgan fingerprint density at radius 1 is 1.14 bits per heavy atom. The van der Waals surface area contributed by atoms with Crippen LogP contribution < -0.4 is 0 Å². The maximum absolute atomic E-state index is 10.2. The average Bonchev–Trinajstić information content (AvgIpc) is 2.01. The molecule has 0 saturated heterocycles. The quantitative estimate of drug-likeness (QED) is 0.822. The SMILES string of the molecule is CC(C)[C@](C)(O)c1cc(Cl)cc(Cl)c1. The highest BCUT2D eigenvalue weighted by Gasteiger charge is 2.27. The van der Waals surface area contributed by atoms with Crippen LogP contribution in [0, 0.1) is 5.92 Å². The molecule has 1 N–H and O–H groups in total. The molecule has 0 heterocycles. The molecule has 0 bridgehead atoms. The molecule has 1 rings (SSSR count). The minimum atomic E-state index is -0.894. The summed E-state index contributed by atoms with van der Waals surface area (Å²) < 4.78 is 0. The minimum absolute atomic E-state index is 0.108. The van der Waals surface area contributed by atoms with Gasteiger partial charge in [-0.05, 0) is 36.6 Å². The fourth-order valence-electron chi connectivity index (χ4n) is 1.18. The lowest BCUT2D eigenvalue weighted by Crippen LogP contribution is -2.27. The van der Waals surface area contributed by atoms with E-state index < -0.39 is 5.60 Å². The normalized spacial score (nSPS) is 15.6. The van der Waals surface area contributed by atoms with Gasteiger partial charge in [0.2, 0.25) is 0 Å². The van der Waals surface area contributed by atoms with Gasteiger partial charge in [0.15, 0.2) is 0 Å². The fourth-order valence-corrected chi connectivity index (χ4v) is 1.71. The van der Waals surface area contributed by atoms with Crippen molar-refractivity contribution in [3.8, 4) is 0 Å². The van der Waals surface area contributed by atoms with Crippen LogP contribution >= 0.6 is 23.2 Å². The number of halogens is 2.